The van der Waals surface area contributed by atoms with Crippen molar-refractivity contribution in [1.29, 1.82) is 0 Å². The van der Waals surface area contributed by atoms with Gasteiger partial charge in [0, 0.05) is 12.1 Å². The number of nitrogens with one attached hydrogen (secondary N) is 1. The summed E-state index contributed by atoms with van der Waals surface area (Å²) in [5.41, 5.74) is 5.89. The van der Waals surface area contributed by atoms with Crippen LogP contribution in [0.2, 0.25) is 0 Å². The van der Waals surface area contributed by atoms with Gasteiger partial charge in [0.1, 0.15) is 0 Å². The van der Waals surface area contributed by atoms with Gasteiger partial charge in [0.05, 0.1) is 6.04 Å². The highest BCUT2D eigenvalue weighted by Gasteiger charge is 2.36. The second-order valence-corrected chi connectivity index (χ2v) is 5.19. The molecule has 0 radical (unpaired) electrons. The molecule has 1 aliphatic carbocycles. The van der Waals surface area contributed by atoms with Crippen molar-refractivity contribution in [1.82, 2.24) is 10.2 Å². The molecule has 17 heavy (non-hydrogen) atoms. The van der Waals surface area contributed by atoms with E-state index in [9.17, 15) is 0 Å². The van der Waals surface area contributed by atoms with Gasteiger partial charge < -0.3 is 21.2 Å². The van der Waals surface area contributed by atoms with Crippen LogP contribution in [0.1, 0.15) is 39.0 Å². The fourth-order valence-electron chi connectivity index (χ4n) is 2.66. The number of nitrogens with two attached hydrogens (primary N) is 1. The maximum Gasteiger partial charge on any atom is 0.156 e. The Morgan fingerprint density at radius 3 is 2.47 bits per heavy atom. The van der Waals surface area contributed by atoms with Crippen LogP contribution in [0.15, 0.2) is 5.16 Å². The van der Waals surface area contributed by atoms with Crippen LogP contribution in [0.3, 0.4) is 0 Å². The Balaban J connectivity index is 2.57. The van der Waals surface area contributed by atoms with Gasteiger partial charge in [0.25, 0.3) is 0 Å². The first kappa shape index (κ1) is 14.3. The molecule has 1 unspecified atom stereocenters. The maximum atomic E-state index is 8.71. The third-order valence-corrected chi connectivity index (χ3v) is 4.04. The van der Waals surface area contributed by atoms with Crippen molar-refractivity contribution in [3.8, 4) is 0 Å². The summed E-state index contributed by atoms with van der Waals surface area (Å²) in [7, 11) is 4.27. The van der Waals surface area contributed by atoms with E-state index in [1.165, 1.54) is 25.7 Å². The van der Waals surface area contributed by atoms with Crippen LogP contribution in [0.5, 0.6) is 0 Å². The number of hydrogen-bond donors (Lipinski definition) is 3. The van der Waals surface area contributed by atoms with E-state index >= 15 is 0 Å². The number of hydrogen-bond acceptors (Lipinski definition) is 4. The van der Waals surface area contributed by atoms with Crippen molar-refractivity contribution in [2.45, 2.75) is 50.6 Å². The number of rotatable bonds is 6. The van der Waals surface area contributed by atoms with Crippen LogP contribution in [-0.2, 0) is 0 Å². The van der Waals surface area contributed by atoms with Crippen molar-refractivity contribution in [2.75, 3.05) is 20.6 Å². The molecule has 1 fully saturated rings. The SMILES string of the molecule is CCC(NCC1(N(C)C)CCCC1)C(N)=NO. The Bertz CT molecular complexity index is 259. The zero-order chi connectivity index (χ0) is 12.9. The third-order valence-electron chi connectivity index (χ3n) is 4.04. The number of nitrogens with zero attached hydrogens (tertiary/aromatic N) is 2. The predicted molar refractivity (Wildman–Crippen MR) is 70.4 cm³/mol. The summed E-state index contributed by atoms with van der Waals surface area (Å²) in [6, 6.07) is -0.0302. The molecule has 0 amide bonds. The molecule has 5 heteroatoms. The van der Waals surface area contributed by atoms with Crippen molar-refractivity contribution >= 4 is 5.84 Å². The molecule has 0 saturated heterocycles. The van der Waals surface area contributed by atoms with Crippen molar-refractivity contribution < 1.29 is 5.21 Å². The van der Waals surface area contributed by atoms with Crippen LogP contribution in [0.25, 0.3) is 0 Å². The Labute approximate surface area is 104 Å². The van der Waals surface area contributed by atoms with E-state index < -0.39 is 0 Å². The molecule has 100 valence electrons. The van der Waals surface area contributed by atoms with Crippen molar-refractivity contribution in [2.24, 2.45) is 10.9 Å². The number of amidine groups is 1. The van der Waals surface area contributed by atoms with Crippen LogP contribution < -0.4 is 11.1 Å². The fourth-order valence-corrected chi connectivity index (χ4v) is 2.66. The minimum absolute atomic E-state index is 0.0302. The van der Waals surface area contributed by atoms with E-state index in [-0.39, 0.29) is 17.4 Å². The number of likely N-dealkylation sites (N-methyl/N-ethyl adjacent to an activating group) is 1. The number of oxime groups is 1. The van der Waals surface area contributed by atoms with E-state index in [0.717, 1.165) is 13.0 Å². The van der Waals surface area contributed by atoms with Gasteiger partial charge in [-0.05, 0) is 33.4 Å². The lowest BCUT2D eigenvalue weighted by Gasteiger charge is -2.37. The largest absolute Gasteiger partial charge is 0.409 e. The summed E-state index contributed by atoms with van der Waals surface area (Å²) in [6.45, 7) is 2.93. The highest BCUT2D eigenvalue weighted by atomic mass is 16.4. The molecule has 0 heterocycles. The molecule has 0 spiro atoms. The van der Waals surface area contributed by atoms with E-state index in [1.54, 1.807) is 0 Å². The molecule has 0 bridgehead atoms. The lowest BCUT2D eigenvalue weighted by Crippen LogP contribution is -2.54. The lowest BCUT2D eigenvalue weighted by molar-refractivity contribution is 0.151. The first-order chi connectivity index (χ1) is 8.05. The van der Waals surface area contributed by atoms with Crippen LogP contribution in [0, 0.1) is 0 Å². The van der Waals surface area contributed by atoms with Crippen molar-refractivity contribution in [3.05, 3.63) is 0 Å². The molecule has 1 aliphatic rings. The van der Waals surface area contributed by atoms with Gasteiger partial charge in [-0.25, -0.2) is 0 Å². The standard InChI is InChI=1S/C12H26N4O/c1-4-10(11(13)15-17)14-9-12(16(2)3)7-5-6-8-12/h10,14,17H,4-9H2,1-3H3,(H2,13,15). The average molecular weight is 242 g/mol. The van der Waals surface area contributed by atoms with E-state index in [0.29, 0.717) is 0 Å². The predicted octanol–water partition coefficient (Wildman–Crippen LogP) is 0.975. The molecular weight excluding hydrogens is 216 g/mol. The summed E-state index contributed by atoms with van der Waals surface area (Å²) >= 11 is 0. The molecule has 4 N–H and O–H groups in total. The van der Waals surface area contributed by atoms with Crippen LogP contribution in [0.4, 0.5) is 0 Å². The molecule has 1 saturated carbocycles. The molecule has 0 aromatic heterocycles. The van der Waals surface area contributed by atoms with Crippen LogP contribution >= 0.6 is 0 Å². The van der Waals surface area contributed by atoms with Gasteiger partial charge in [-0.1, -0.05) is 24.9 Å². The monoisotopic (exact) mass is 242 g/mol. The average Bonchev–Trinajstić information content (AvgIpc) is 2.79. The summed E-state index contributed by atoms with van der Waals surface area (Å²) in [6.07, 6.45) is 5.86. The zero-order valence-corrected chi connectivity index (χ0v) is 11.2. The molecule has 5 nitrogen and oxygen atoms in total. The minimum atomic E-state index is -0.0302. The highest BCUT2D eigenvalue weighted by molar-refractivity contribution is 5.85. The first-order valence-corrected chi connectivity index (χ1v) is 6.44. The fraction of sp³-hybridized carbons (Fsp3) is 0.917. The van der Waals surface area contributed by atoms with Gasteiger partial charge in [-0.15, -0.1) is 0 Å². The quantitative estimate of drug-likeness (QED) is 0.281. The Morgan fingerprint density at radius 2 is 2.06 bits per heavy atom. The van der Waals surface area contributed by atoms with E-state index in [1.807, 2.05) is 6.92 Å². The maximum absolute atomic E-state index is 8.71. The normalized spacial score (nSPS) is 22.0. The van der Waals surface area contributed by atoms with Gasteiger partial charge in [0.15, 0.2) is 5.84 Å². The smallest absolute Gasteiger partial charge is 0.156 e. The topological polar surface area (TPSA) is 73.9 Å². The van der Waals surface area contributed by atoms with E-state index in [4.69, 9.17) is 10.9 Å². The summed E-state index contributed by atoms with van der Waals surface area (Å²) in [4.78, 5) is 2.31. The lowest BCUT2D eigenvalue weighted by atomic mass is 9.95. The van der Waals surface area contributed by atoms with Gasteiger partial charge in [0.2, 0.25) is 0 Å². The molecular formula is C12H26N4O. The van der Waals surface area contributed by atoms with Gasteiger partial charge in [-0.3, -0.25) is 0 Å². The zero-order valence-electron chi connectivity index (χ0n) is 11.2. The minimum Gasteiger partial charge on any atom is -0.409 e. The molecule has 0 aromatic carbocycles. The summed E-state index contributed by atoms with van der Waals surface area (Å²) < 4.78 is 0. The highest BCUT2D eigenvalue weighted by Crippen LogP contribution is 2.33. The second kappa shape index (κ2) is 6.21. The Hall–Kier alpha value is -0.810. The second-order valence-electron chi connectivity index (χ2n) is 5.19. The molecule has 0 aromatic rings. The summed E-state index contributed by atoms with van der Waals surface area (Å²) in [5.74, 6) is 0.277. The molecule has 1 atom stereocenters. The Kier molecular flexibility index (Phi) is 5.21. The van der Waals surface area contributed by atoms with E-state index in [2.05, 4.69) is 29.5 Å². The van der Waals surface area contributed by atoms with Crippen molar-refractivity contribution in [3.63, 3.8) is 0 Å². The van der Waals surface area contributed by atoms with Gasteiger partial charge in [-0.2, -0.15) is 0 Å². The first-order valence-electron chi connectivity index (χ1n) is 6.44. The Morgan fingerprint density at radius 1 is 1.47 bits per heavy atom. The van der Waals surface area contributed by atoms with Crippen LogP contribution in [-0.4, -0.2) is 48.2 Å². The summed E-state index contributed by atoms with van der Waals surface area (Å²) in [5, 5.41) is 15.2. The molecule has 1 rings (SSSR count). The third kappa shape index (κ3) is 3.33. The van der Waals surface area contributed by atoms with Gasteiger partial charge >= 0.3 is 0 Å². The molecule has 0 aliphatic heterocycles.